The lowest BCUT2D eigenvalue weighted by atomic mass is 10.0. The smallest absolute Gasteiger partial charge is 0.194 e. The molecule has 0 saturated carbocycles. The Morgan fingerprint density at radius 2 is 1.50 bits per heavy atom. The molecule has 0 N–H and O–H groups in total. The summed E-state index contributed by atoms with van der Waals surface area (Å²) in [6, 6.07) is 2.01. The van der Waals surface area contributed by atoms with Gasteiger partial charge in [-0.05, 0) is 30.5 Å². The Labute approximate surface area is 164 Å². The molecule has 158 valence electrons. The van der Waals surface area contributed by atoms with Crippen LogP contribution in [0.3, 0.4) is 0 Å². The van der Waals surface area contributed by atoms with Gasteiger partial charge in [-0.1, -0.05) is 26.2 Å². The maximum absolute atomic E-state index is 13.3. The summed E-state index contributed by atoms with van der Waals surface area (Å²) in [5.41, 5.74) is 0.374. The molecule has 1 aromatic carbocycles. The highest BCUT2D eigenvalue weighted by atomic mass is 19.2. The van der Waals surface area contributed by atoms with Crippen LogP contribution in [0, 0.1) is 29.3 Å². The number of rotatable bonds is 8. The molecule has 0 aliphatic carbocycles. The van der Waals surface area contributed by atoms with E-state index >= 15 is 0 Å². The molecule has 2 fully saturated rings. The summed E-state index contributed by atoms with van der Waals surface area (Å²) in [6.45, 7) is 4.49. The van der Waals surface area contributed by atoms with Crippen molar-refractivity contribution < 1.29 is 32.1 Å². The zero-order chi connectivity index (χ0) is 19.9. The first-order valence-electron chi connectivity index (χ1n) is 10.2. The minimum atomic E-state index is -1.45. The van der Waals surface area contributed by atoms with E-state index < -0.39 is 23.7 Å². The summed E-state index contributed by atoms with van der Waals surface area (Å²) in [6.07, 6.45) is 4.77. The second-order valence-electron chi connectivity index (χ2n) is 7.67. The van der Waals surface area contributed by atoms with Gasteiger partial charge in [0.1, 0.15) is 0 Å². The van der Waals surface area contributed by atoms with Gasteiger partial charge < -0.3 is 18.9 Å². The number of aryl methyl sites for hydroxylation is 1. The number of benzene rings is 1. The molecule has 0 aromatic heterocycles. The van der Waals surface area contributed by atoms with E-state index in [0.717, 1.165) is 18.6 Å². The van der Waals surface area contributed by atoms with Crippen LogP contribution in [0.1, 0.15) is 44.6 Å². The van der Waals surface area contributed by atoms with Gasteiger partial charge in [-0.3, -0.25) is 0 Å². The van der Waals surface area contributed by atoms with Crippen LogP contribution in [0.2, 0.25) is 0 Å². The molecule has 0 amide bonds. The van der Waals surface area contributed by atoms with E-state index in [9.17, 15) is 13.2 Å². The third-order valence-electron chi connectivity index (χ3n) is 5.30. The van der Waals surface area contributed by atoms with Gasteiger partial charge in [0.05, 0.1) is 32.3 Å². The molecule has 2 saturated heterocycles. The topological polar surface area (TPSA) is 36.9 Å². The number of hydrogen-bond acceptors (Lipinski definition) is 4. The predicted octanol–water partition coefficient (Wildman–Crippen LogP) is 4.60. The highest BCUT2D eigenvalue weighted by Crippen LogP contribution is 2.26. The Kier molecular flexibility index (Phi) is 8.14. The molecule has 1 aromatic rings. The van der Waals surface area contributed by atoms with Crippen LogP contribution in [-0.4, -0.2) is 39.0 Å². The zero-order valence-electron chi connectivity index (χ0n) is 16.3. The summed E-state index contributed by atoms with van der Waals surface area (Å²) in [4.78, 5) is 0. The van der Waals surface area contributed by atoms with E-state index in [4.69, 9.17) is 18.9 Å². The first kappa shape index (κ1) is 21.6. The minimum Gasteiger partial charge on any atom is -0.352 e. The van der Waals surface area contributed by atoms with Crippen LogP contribution in [0.4, 0.5) is 13.2 Å². The van der Waals surface area contributed by atoms with Crippen LogP contribution in [0.15, 0.2) is 12.1 Å². The molecule has 0 spiro atoms. The van der Waals surface area contributed by atoms with E-state index in [2.05, 4.69) is 6.92 Å². The Morgan fingerprint density at radius 1 is 0.857 bits per heavy atom. The van der Waals surface area contributed by atoms with Crippen LogP contribution in [0.25, 0.3) is 0 Å². The molecule has 2 heterocycles. The average Bonchev–Trinajstić information content (AvgIpc) is 2.71. The van der Waals surface area contributed by atoms with Crippen LogP contribution in [-0.2, 0) is 25.4 Å². The minimum absolute atomic E-state index is 0.00792. The third kappa shape index (κ3) is 5.92. The molecule has 7 heteroatoms. The van der Waals surface area contributed by atoms with Crippen molar-refractivity contribution in [3.63, 3.8) is 0 Å². The van der Waals surface area contributed by atoms with Crippen molar-refractivity contribution in [1.29, 1.82) is 0 Å². The lowest BCUT2D eigenvalue weighted by Gasteiger charge is -2.37. The molecular weight excluding hydrogens is 373 g/mol. The van der Waals surface area contributed by atoms with Crippen LogP contribution < -0.4 is 0 Å². The van der Waals surface area contributed by atoms with Gasteiger partial charge in [0.25, 0.3) is 0 Å². The Bertz CT molecular complexity index is 589. The van der Waals surface area contributed by atoms with E-state index in [0.29, 0.717) is 50.8 Å². The second kappa shape index (κ2) is 10.6. The number of halogens is 3. The average molecular weight is 402 g/mol. The zero-order valence-corrected chi connectivity index (χ0v) is 16.3. The van der Waals surface area contributed by atoms with Crippen molar-refractivity contribution in [2.75, 3.05) is 26.4 Å². The van der Waals surface area contributed by atoms with Crippen molar-refractivity contribution >= 4 is 0 Å². The van der Waals surface area contributed by atoms with Crippen molar-refractivity contribution in [3.05, 3.63) is 35.1 Å². The quantitative estimate of drug-likeness (QED) is 0.471. The van der Waals surface area contributed by atoms with Gasteiger partial charge in [-0.15, -0.1) is 0 Å². The monoisotopic (exact) mass is 402 g/mol. The summed E-state index contributed by atoms with van der Waals surface area (Å²) in [5, 5.41) is 0. The molecule has 0 bridgehead atoms. The molecular formula is C21H29F3O4. The molecule has 0 radical (unpaired) electrons. The third-order valence-corrected chi connectivity index (χ3v) is 5.30. The van der Waals surface area contributed by atoms with Gasteiger partial charge >= 0.3 is 0 Å². The van der Waals surface area contributed by atoms with Crippen molar-refractivity contribution in [2.45, 2.75) is 58.0 Å². The predicted molar refractivity (Wildman–Crippen MR) is 97.1 cm³/mol. The fraction of sp³-hybridized carbons (Fsp3) is 0.714. The number of unbranched alkanes of at least 4 members (excludes halogenated alkanes) is 2. The normalized spacial score (nSPS) is 28.4. The summed E-state index contributed by atoms with van der Waals surface area (Å²) in [5.74, 6) is -3.34. The van der Waals surface area contributed by atoms with Gasteiger partial charge in [0.15, 0.2) is 30.0 Å². The van der Waals surface area contributed by atoms with E-state index in [1.165, 1.54) is 19.3 Å². The van der Waals surface area contributed by atoms with Crippen LogP contribution in [0.5, 0.6) is 0 Å². The molecule has 2 aliphatic rings. The summed E-state index contributed by atoms with van der Waals surface area (Å²) < 4.78 is 62.7. The van der Waals surface area contributed by atoms with E-state index in [1.807, 2.05) is 0 Å². The maximum atomic E-state index is 13.3. The van der Waals surface area contributed by atoms with Crippen molar-refractivity contribution in [3.8, 4) is 0 Å². The molecule has 28 heavy (non-hydrogen) atoms. The lowest BCUT2D eigenvalue weighted by Crippen LogP contribution is -2.44. The van der Waals surface area contributed by atoms with Crippen molar-refractivity contribution in [2.24, 2.45) is 11.8 Å². The number of hydrogen-bond donors (Lipinski definition) is 0. The van der Waals surface area contributed by atoms with Gasteiger partial charge in [0.2, 0.25) is 0 Å². The SMILES string of the molecule is CCCCCC1COC(C2COC(CCc3cc(F)c(F)c(F)c3)OC2)OC1. The Morgan fingerprint density at radius 3 is 2.11 bits per heavy atom. The van der Waals surface area contributed by atoms with E-state index in [-0.39, 0.29) is 12.2 Å². The second-order valence-corrected chi connectivity index (χ2v) is 7.67. The highest BCUT2D eigenvalue weighted by molar-refractivity contribution is 5.19. The standard InChI is InChI=1S/C21H29F3O4/c1-2-3-4-5-15-10-27-21(28-11-15)16-12-25-19(26-13-16)7-6-14-8-17(22)20(24)18(23)9-14/h8-9,15-16,19,21H,2-7,10-13H2,1H3. The molecule has 4 nitrogen and oxygen atoms in total. The first-order valence-corrected chi connectivity index (χ1v) is 10.2. The largest absolute Gasteiger partial charge is 0.352 e. The maximum Gasteiger partial charge on any atom is 0.194 e. The molecule has 2 aliphatic heterocycles. The fourth-order valence-electron chi connectivity index (χ4n) is 3.60. The Hall–Kier alpha value is -1.15. The fourth-order valence-corrected chi connectivity index (χ4v) is 3.60. The number of ether oxygens (including phenoxy) is 4. The summed E-state index contributed by atoms with van der Waals surface area (Å²) >= 11 is 0. The lowest BCUT2D eigenvalue weighted by molar-refractivity contribution is -0.281. The highest BCUT2D eigenvalue weighted by Gasteiger charge is 2.33. The summed E-state index contributed by atoms with van der Waals surface area (Å²) in [7, 11) is 0. The Balaban J connectivity index is 1.36. The van der Waals surface area contributed by atoms with E-state index in [1.54, 1.807) is 0 Å². The van der Waals surface area contributed by atoms with Gasteiger partial charge in [0, 0.05) is 12.3 Å². The van der Waals surface area contributed by atoms with Gasteiger partial charge in [-0.2, -0.15) is 0 Å². The van der Waals surface area contributed by atoms with Crippen LogP contribution >= 0.6 is 0 Å². The molecule has 0 unspecified atom stereocenters. The molecule has 3 rings (SSSR count). The van der Waals surface area contributed by atoms with Gasteiger partial charge in [-0.25, -0.2) is 13.2 Å². The van der Waals surface area contributed by atoms with Crippen molar-refractivity contribution in [1.82, 2.24) is 0 Å². The molecule has 0 atom stereocenters. The first-order chi connectivity index (χ1) is 13.6.